The molecular weight excluding hydrogens is 292 g/mol. The minimum atomic E-state index is 0. The van der Waals surface area contributed by atoms with E-state index >= 15 is 0 Å². The van der Waals surface area contributed by atoms with Crippen LogP contribution in [0.25, 0.3) is 0 Å². The number of nitrogens with one attached hydrogen (secondary N) is 1. The first-order valence-electron chi connectivity index (χ1n) is 7.37. The Morgan fingerprint density at radius 1 is 1.25 bits per heavy atom. The highest BCUT2D eigenvalue weighted by molar-refractivity contribution is 7.09. The van der Waals surface area contributed by atoms with Gasteiger partial charge in [0.25, 0.3) is 0 Å². The van der Waals surface area contributed by atoms with Crippen molar-refractivity contribution in [2.45, 2.75) is 38.5 Å². The molecule has 0 spiro atoms. The van der Waals surface area contributed by atoms with E-state index in [2.05, 4.69) is 22.8 Å². The molecule has 0 atom stereocenters. The van der Waals surface area contributed by atoms with Crippen LogP contribution in [-0.4, -0.2) is 37.0 Å². The fraction of sp³-hybridized carbons (Fsp3) is 0.667. The van der Waals surface area contributed by atoms with Crippen molar-refractivity contribution in [3.05, 3.63) is 22.4 Å². The molecule has 0 aromatic carbocycles. The molecule has 0 radical (unpaired) electrons. The first-order valence-corrected chi connectivity index (χ1v) is 8.25. The summed E-state index contributed by atoms with van der Waals surface area (Å²) in [4.78, 5) is 15.5. The molecule has 1 N–H and O–H groups in total. The second kappa shape index (κ2) is 10.2. The maximum atomic E-state index is 12.0. The maximum absolute atomic E-state index is 12.0. The van der Waals surface area contributed by atoms with Crippen LogP contribution in [0.2, 0.25) is 0 Å². The summed E-state index contributed by atoms with van der Waals surface area (Å²) in [5.74, 6) is 0.347. The van der Waals surface area contributed by atoms with E-state index in [9.17, 15) is 4.79 Å². The highest BCUT2D eigenvalue weighted by Gasteiger charge is 2.14. The van der Waals surface area contributed by atoms with Gasteiger partial charge in [0.05, 0.1) is 0 Å². The second-order valence-electron chi connectivity index (χ2n) is 5.12. The first-order chi connectivity index (χ1) is 9.36. The second-order valence-corrected chi connectivity index (χ2v) is 6.16. The summed E-state index contributed by atoms with van der Waals surface area (Å²) in [7, 11) is 0. The maximum Gasteiger partial charge on any atom is 0.222 e. The molecule has 114 valence electrons. The predicted octanol–water partition coefficient (Wildman–Crippen LogP) is 3.09. The zero-order valence-corrected chi connectivity index (χ0v) is 13.6. The molecule has 20 heavy (non-hydrogen) atoms. The average molecular weight is 317 g/mol. The van der Waals surface area contributed by atoms with Crippen LogP contribution in [0, 0.1) is 0 Å². The molecule has 1 fully saturated rings. The molecule has 1 aromatic heterocycles. The number of unbranched alkanes of at least 4 members (excludes halogenated alkanes) is 2. The molecule has 1 amide bonds. The van der Waals surface area contributed by atoms with Gasteiger partial charge in [-0.1, -0.05) is 12.5 Å². The lowest BCUT2D eigenvalue weighted by Crippen LogP contribution is -2.33. The highest BCUT2D eigenvalue weighted by atomic mass is 35.5. The largest absolute Gasteiger partial charge is 0.341 e. The van der Waals surface area contributed by atoms with E-state index < -0.39 is 0 Å². The van der Waals surface area contributed by atoms with Crippen LogP contribution in [0.4, 0.5) is 0 Å². The van der Waals surface area contributed by atoms with Gasteiger partial charge in [0.15, 0.2) is 0 Å². The zero-order valence-electron chi connectivity index (χ0n) is 12.0. The van der Waals surface area contributed by atoms with Crippen molar-refractivity contribution in [1.29, 1.82) is 0 Å². The van der Waals surface area contributed by atoms with Crippen molar-refractivity contribution in [3.8, 4) is 0 Å². The van der Waals surface area contributed by atoms with Gasteiger partial charge in [-0.05, 0) is 43.7 Å². The van der Waals surface area contributed by atoms with Crippen LogP contribution >= 0.6 is 23.7 Å². The fourth-order valence-electron chi connectivity index (χ4n) is 2.46. The summed E-state index contributed by atoms with van der Waals surface area (Å²) < 4.78 is 0. The van der Waals surface area contributed by atoms with Crippen LogP contribution in [-0.2, 0) is 11.2 Å². The van der Waals surface area contributed by atoms with Crippen molar-refractivity contribution < 1.29 is 4.79 Å². The molecule has 1 saturated heterocycles. The van der Waals surface area contributed by atoms with Gasteiger partial charge >= 0.3 is 0 Å². The van der Waals surface area contributed by atoms with Crippen LogP contribution in [0.15, 0.2) is 17.5 Å². The van der Waals surface area contributed by atoms with Crippen molar-refractivity contribution in [3.63, 3.8) is 0 Å². The standard InChI is InChI=1S/C15H24N2OS.ClH/c18-15(17-11-5-9-16-10-12-17)8-3-1-2-6-14-7-4-13-19-14;/h4,7,13,16H,1-3,5-6,8-12H2;1H. The van der Waals surface area contributed by atoms with Crippen molar-refractivity contribution >= 4 is 29.7 Å². The number of nitrogens with zero attached hydrogens (tertiary/aromatic N) is 1. The summed E-state index contributed by atoms with van der Waals surface area (Å²) in [6, 6.07) is 4.30. The van der Waals surface area contributed by atoms with Crippen LogP contribution < -0.4 is 5.32 Å². The summed E-state index contributed by atoms with van der Waals surface area (Å²) in [6.07, 6.45) is 6.38. The van der Waals surface area contributed by atoms with E-state index in [1.54, 1.807) is 0 Å². The summed E-state index contributed by atoms with van der Waals surface area (Å²) >= 11 is 1.83. The number of thiophene rings is 1. The third-order valence-electron chi connectivity index (χ3n) is 3.59. The van der Waals surface area contributed by atoms with E-state index in [0.717, 1.165) is 51.9 Å². The Kier molecular flexibility index (Phi) is 8.90. The number of halogens is 1. The molecule has 0 bridgehead atoms. The molecule has 2 rings (SSSR count). The molecule has 1 aromatic rings. The molecule has 3 nitrogen and oxygen atoms in total. The number of amides is 1. The summed E-state index contributed by atoms with van der Waals surface area (Å²) in [5, 5.41) is 5.46. The van der Waals surface area contributed by atoms with E-state index in [0.29, 0.717) is 5.91 Å². The quantitative estimate of drug-likeness (QED) is 0.818. The molecular formula is C15H25ClN2OS. The van der Waals surface area contributed by atoms with Crippen LogP contribution in [0.3, 0.4) is 0 Å². The minimum absolute atomic E-state index is 0. The summed E-state index contributed by atoms with van der Waals surface area (Å²) in [6.45, 7) is 3.81. The van der Waals surface area contributed by atoms with Gasteiger partial charge in [0, 0.05) is 30.9 Å². The number of carbonyl (C=O) groups is 1. The van der Waals surface area contributed by atoms with Gasteiger partial charge in [0.2, 0.25) is 5.91 Å². The van der Waals surface area contributed by atoms with Gasteiger partial charge in [-0.3, -0.25) is 4.79 Å². The van der Waals surface area contributed by atoms with E-state index in [1.165, 1.54) is 17.7 Å². The van der Waals surface area contributed by atoms with E-state index in [-0.39, 0.29) is 12.4 Å². The number of rotatable bonds is 6. The van der Waals surface area contributed by atoms with Gasteiger partial charge in [0.1, 0.15) is 0 Å². The highest BCUT2D eigenvalue weighted by Crippen LogP contribution is 2.13. The third kappa shape index (κ3) is 6.25. The molecule has 0 aliphatic carbocycles. The molecule has 5 heteroatoms. The smallest absolute Gasteiger partial charge is 0.222 e. The normalized spacial score (nSPS) is 15.5. The monoisotopic (exact) mass is 316 g/mol. The lowest BCUT2D eigenvalue weighted by Gasteiger charge is -2.19. The molecule has 0 saturated carbocycles. The predicted molar refractivity (Wildman–Crippen MR) is 87.8 cm³/mol. The number of hydrogen-bond acceptors (Lipinski definition) is 3. The van der Waals surface area contributed by atoms with Gasteiger partial charge in [-0.25, -0.2) is 0 Å². The SMILES string of the molecule is Cl.O=C(CCCCCc1cccs1)N1CCCNCC1. The van der Waals surface area contributed by atoms with Crippen molar-refractivity contribution in [2.75, 3.05) is 26.2 Å². The Hall–Kier alpha value is -0.580. The lowest BCUT2D eigenvalue weighted by molar-refractivity contribution is -0.131. The summed E-state index contributed by atoms with van der Waals surface area (Å²) in [5.41, 5.74) is 0. The van der Waals surface area contributed by atoms with Gasteiger partial charge in [-0.2, -0.15) is 0 Å². The minimum Gasteiger partial charge on any atom is -0.341 e. The number of carbonyl (C=O) groups excluding carboxylic acids is 1. The van der Waals surface area contributed by atoms with E-state index in [1.807, 2.05) is 16.2 Å². The Morgan fingerprint density at radius 3 is 2.95 bits per heavy atom. The van der Waals surface area contributed by atoms with E-state index in [4.69, 9.17) is 0 Å². The number of hydrogen-bond donors (Lipinski definition) is 1. The number of aryl methyl sites for hydroxylation is 1. The van der Waals surface area contributed by atoms with Gasteiger partial charge < -0.3 is 10.2 Å². The van der Waals surface area contributed by atoms with Crippen molar-refractivity contribution in [1.82, 2.24) is 10.2 Å². The first kappa shape index (κ1) is 17.5. The lowest BCUT2D eigenvalue weighted by atomic mass is 10.1. The third-order valence-corrected chi connectivity index (χ3v) is 4.52. The Bertz CT molecular complexity index is 362. The van der Waals surface area contributed by atoms with Crippen LogP contribution in [0.5, 0.6) is 0 Å². The molecule has 0 unspecified atom stereocenters. The Morgan fingerprint density at radius 2 is 2.15 bits per heavy atom. The van der Waals surface area contributed by atoms with Crippen LogP contribution in [0.1, 0.15) is 37.0 Å². The molecule has 2 heterocycles. The topological polar surface area (TPSA) is 32.3 Å². The molecule has 1 aliphatic heterocycles. The zero-order chi connectivity index (χ0) is 13.3. The fourth-order valence-corrected chi connectivity index (χ4v) is 3.21. The molecule has 1 aliphatic rings. The Labute approximate surface area is 132 Å². The Balaban J connectivity index is 0.00000200. The van der Waals surface area contributed by atoms with Gasteiger partial charge in [-0.15, -0.1) is 23.7 Å². The average Bonchev–Trinajstić information content (AvgIpc) is 2.78. The van der Waals surface area contributed by atoms with Crippen molar-refractivity contribution in [2.24, 2.45) is 0 Å².